The molecule has 5 amide bonds. The minimum absolute atomic E-state index is 0.396. The van der Waals surface area contributed by atoms with E-state index >= 15 is 0 Å². The summed E-state index contributed by atoms with van der Waals surface area (Å²) in [7, 11) is 0. The number of hydrogen-bond acceptors (Lipinski definition) is 3. The lowest BCUT2D eigenvalue weighted by molar-refractivity contribution is -0.132. The van der Waals surface area contributed by atoms with Crippen molar-refractivity contribution in [3.05, 3.63) is 29.8 Å². The SMILES string of the molecule is Cc1cccc(N(C(N)=O)N2C(=O)NC3(CCC(C)CC3)C2=O)c1. The molecule has 1 aliphatic heterocycles. The van der Waals surface area contributed by atoms with Gasteiger partial charge >= 0.3 is 12.1 Å². The number of carbonyl (C=O) groups is 3. The van der Waals surface area contributed by atoms with Crippen molar-refractivity contribution in [2.24, 2.45) is 11.7 Å². The van der Waals surface area contributed by atoms with Gasteiger partial charge in [0.2, 0.25) is 0 Å². The molecule has 1 saturated heterocycles. The lowest BCUT2D eigenvalue weighted by Gasteiger charge is -2.34. The van der Waals surface area contributed by atoms with Crippen molar-refractivity contribution >= 4 is 23.7 Å². The molecule has 7 heteroatoms. The Bertz CT molecular complexity index is 695. The summed E-state index contributed by atoms with van der Waals surface area (Å²) in [6, 6.07) is 5.49. The molecule has 0 aromatic heterocycles. The lowest BCUT2D eigenvalue weighted by atomic mass is 9.77. The second-order valence-electron chi connectivity index (χ2n) is 6.80. The molecule has 128 valence electrons. The maximum atomic E-state index is 13.0. The van der Waals surface area contributed by atoms with E-state index in [1.807, 2.05) is 13.0 Å². The van der Waals surface area contributed by atoms with Crippen LogP contribution in [0.4, 0.5) is 15.3 Å². The predicted molar refractivity (Wildman–Crippen MR) is 89.0 cm³/mol. The smallest absolute Gasteiger partial charge is 0.344 e. The first-order valence-corrected chi connectivity index (χ1v) is 8.17. The van der Waals surface area contributed by atoms with Crippen molar-refractivity contribution in [2.75, 3.05) is 5.01 Å². The molecule has 2 aliphatic rings. The van der Waals surface area contributed by atoms with Gasteiger partial charge in [-0.2, -0.15) is 10.0 Å². The van der Waals surface area contributed by atoms with Crippen LogP contribution < -0.4 is 16.1 Å². The first kappa shape index (κ1) is 16.3. The van der Waals surface area contributed by atoms with Gasteiger partial charge in [0.25, 0.3) is 5.91 Å². The molecule has 0 bridgehead atoms. The number of primary amides is 1. The number of benzene rings is 1. The van der Waals surface area contributed by atoms with Crippen LogP contribution in [-0.4, -0.2) is 28.5 Å². The first-order chi connectivity index (χ1) is 11.3. The highest BCUT2D eigenvalue weighted by Gasteiger charge is 2.55. The largest absolute Gasteiger partial charge is 0.350 e. The van der Waals surface area contributed by atoms with Crippen LogP contribution in [0.2, 0.25) is 0 Å². The van der Waals surface area contributed by atoms with E-state index in [0.29, 0.717) is 24.4 Å². The van der Waals surface area contributed by atoms with E-state index in [2.05, 4.69) is 12.2 Å². The number of hydrogen-bond donors (Lipinski definition) is 2. The van der Waals surface area contributed by atoms with Gasteiger partial charge in [0.05, 0.1) is 5.69 Å². The number of anilines is 1. The Kier molecular flexibility index (Phi) is 3.95. The Morgan fingerprint density at radius 2 is 2.00 bits per heavy atom. The summed E-state index contributed by atoms with van der Waals surface area (Å²) in [6.07, 6.45) is 2.88. The molecule has 3 rings (SSSR count). The topological polar surface area (TPSA) is 95.7 Å². The zero-order valence-electron chi connectivity index (χ0n) is 13.9. The number of hydrazine groups is 1. The number of urea groups is 2. The van der Waals surface area contributed by atoms with E-state index in [9.17, 15) is 14.4 Å². The Hall–Kier alpha value is -2.57. The highest BCUT2D eigenvalue weighted by atomic mass is 16.2. The molecule has 7 nitrogen and oxygen atoms in total. The van der Waals surface area contributed by atoms with E-state index in [1.54, 1.807) is 18.2 Å². The van der Waals surface area contributed by atoms with Gasteiger partial charge in [0, 0.05) is 0 Å². The molecular weight excluding hydrogens is 308 g/mol. The summed E-state index contributed by atoms with van der Waals surface area (Å²) in [5, 5.41) is 4.61. The first-order valence-electron chi connectivity index (χ1n) is 8.17. The maximum Gasteiger partial charge on any atom is 0.344 e. The highest BCUT2D eigenvalue weighted by molar-refractivity contribution is 6.12. The number of nitrogens with two attached hydrogens (primary N) is 1. The van der Waals surface area contributed by atoms with Crippen molar-refractivity contribution in [1.29, 1.82) is 0 Å². The van der Waals surface area contributed by atoms with Gasteiger partial charge in [-0.25, -0.2) is 9.59 Å². The quantitative estimate of drug-likeness (QED) is 0.814. The molecule has 24 heavy (non-hydrogen) atoms. The number of carbonyl (C=O) groups excluding carboxylic acids is 3. The molecule has 1 aromatic rings. The molecule has 1 spiro atoms. The minimum Gasteiger partial charge on any atom is -0.350 e. The van der Waals surface area contributed by atoms with E-state index in [1.165, 1.54) is 0 Å². The van der Waals surface area contributed by atoms with Crippen LogP contribution in [0.5, 0.6) is 0 Å². The second-order valence-corrected chi connectivity index (χ2v) is 6.80. The molecule has 1 aliphatic carbocycles. The van der Waals surface area contributed by atoms with Gasteiger partial charge in [-0.05, 0) is 56.2 Å². The minimum atomic E-state index is -0.916. The van der Waals surface area contributed by atoms with Crippen molar-refractivity contribution in [3.8, 4) is 0 Å². The third-order valence-corrected chi connectivity index (χ3v) is 4.92. The molecule has 3 N–H and O–H groups in total. The van der Waals surface area contributed by atoms with Crippen LogP contribution in [0, 0.1) is 12.8 Å². The van der Waals surface area contributed by atoms with Gasteiger partial charge in [-0.3, -0.25) is 4.79 Å². The summed E-state index contributed by atoms with van der Waals surface area (Å²) in [5.74, 6) is 0.123. The predicted octanol–water partition coefficient (Wildman–Crippen LogP) is 2.30. The zero-order chi connectivity index (χ0) is 17.5. The van der Waals surface area contributed by atoms with Crippen molar-refractivity contribution in [3.63, 3.8) is 0 Å². The molecule has 0 radical (unpaired) electrons. The lowest BCUT2D eigenvalue weighted by Crippen LogP contribution is -2.55. The summed E-state index contributed by atoms with van der Waals surface area (Å²) in [5.41, 5.74) is 5.85. The van der Waals surface area contributed by atoms with E-state index < -0.39 is 23.5 Å². The van der Waals surface area contributed by atoms with Gasteiger partial charge in [0.1, 0.15) is 5.54 Å². The zero-order valence-corrected chi connectivity index (χ0v) is 13.9. The Morgan fingerprint density at radius 1 is 1.33 bits per heavy atom. The van der Waals surface area contributed by atoms with Gasteiger partial charge in [-0.1, -0.05) is 19.1 Å². The summed E-state index contributed by atoms with van der Waals surface area (Å²) >= 11 is 0. The third-order valence-electron chi connectivity index (χ3n) is 4.92. The number of imide groups is 1. The fourth-order valence-corrected chi connectivity index (χ4v) is 3.48. The molecule has 1 aromatic carbocycles. The third kappa shape index (κ3) is 2.60. The van der Waals surface area contributed by atoms with Gasteiger partial charge in [0.15, 0.2) is 0 Å². The number of aryl methyl sites for hydroxylation is 1. The average molecular weight is 330 g/mol. The molecule has 0 atom stereocenters. The molecular formula is C17H22N4O3. The number of nitrogens with zero attached hydrogens (tertiary/aromatic N) is 2. The molecule has 0 unspecified atom stereocenters. The number of nitrogens with one attached hydrogen (secondary N) is 1. The average Bonchev–Trinajstić information content (AvgIpc) is 2.75. The van der Waals surface area contributed by atoms with Crippen molar-refractivity contribution in [2.45, 2.75) is 45.1 Å². The number of amides is 5. The van der Waals surface area contributed by atoms with Gasteiger partial charge in [-0.15, -0.1) is 0 Å². The Morgan fingerprint density at radius 3 is 2.58 bits per heavy atom. The van der Waals surface area contributed by atoms with Crippen LogP contribution in [0.3, 0.4) is 0 Å². The van der Waals surface area contributed by atoms with Crippen LogP contribution in [0.25, 0.3) is 0 Å². The fourth-order valence-electron chi connectivity index (χ4n) is 3.48. The van der Waals surface area contributed by atoms with E-state index in [0.717, 1.165) is 28.4 Å². The van der Waals surface area contributed by atoms with Crippen LogP contribution >= 0.6 is 0 Å². The van der Waals surface area contributed by atoms with Crippen molar-refractivity contribution < 1.29 is 14.4 Å². The second kappa shape index (κ2) is 5.81. The monoisotopic (exact) mass is 330 g/mol. The fraction of sp³-hybridized carbons (Fsp3) is 0.471. The summed E-state index contributed by atoms with van der Waals surface area (Å²) in [6.45, 7) is 3.99. The Balaban J connectivity index is 1.96. The standard InChI is InChI=1S/C17H22N4O3/c1-11-6-8-17(9-7-11)14(22)21(16(24)19-17)20(15(18)23)13-5-3-4-12(2)10-13/h3-5,10-11H,6-9H2,1-2H3,(H2,18,23)(H,19,24). The normalized spacial score (nSPS) is 26.6. The summed E-state index contributed by atoms with van der Waals surface area (Å²) < 4.78 is 0. The van der Waals surface area contributed by atoms with E-state index in [4.69, 9.17) is 5.73 Å². The van der Waals surface area contributed by atoms with Gasteiger partial charge < -0.3 is 11.1 Å². The maximum absolute atomic E-state index is 13.0. The Labute approximate surface area is 140 Å². The van der Waals surface area contributed by atoms with Crippen LogP contribution in [0.1, 0.15) is 38.2 Å². The van der Waals surface area contributed by atoms with E-state index in [-0.39, 0.29) is 0 Å². The van der Waals surface area contributed by atoms with Crippen molar-refractivity contribution in [1.82, 2.24) is 10.3 Å². The number of rotatable bonds is 2. The van der Waals surface area contributed by atoms with Crippen LogP contribution in [-0.2, 0) is 4.79 Å². The highest BCUT2D eigenvalue weighted by Crippen LogP contribution is 2.37. The summed E-state index contributed by atoms with van der Waals surface area (Å²) in [4.78, 5) is 37.5. The molecule has 2 fully saturated rings. The molecule has 1 saturated carbocycles. The van der Waals surface area contributed by atoms with Crippen LogP contribution in [0.15, 0.2) is 24.3 Å². The molecule has 1 heterocycles.